The Morgan fingerprint density at radius 3 is 2.31 bits per heavy atom. The molecule has 1 fully saturated rings. The minimum Gasteiger partial charge on any atom is -0.464 e. The predicted molar refractivity (Wildman–Crippen MR) is 113 cm³/mol. The first-order valence-electron chi connectivity index (χ1n) is 9.88. The summed E-state index contributed by atoms with van der Waals surface area (Å²) in [6, 6.07) is 6.77. The summed E-state index contributed by atoms with van der Waals surface area (Å²) in [7, 11) is 0. The molecule has 158 valence electrons. The van der Waals surface area contributed by atoms with E-state index in [9.17, 15) is 14.4 Å². The maximum absolute atomic E-state index is 12.4. The lowest BCUT2D eigenvalue weighted by molar-refractivity contribution is -0.153. The van der Waals surface area contributed by atoms with Crippen LogP contribution in [0.4, 0.5) is 0 Å². The number of carbonyl (C=O) groups is 3. The monoisotopic (exact) mass is 420 g/mol. The fourth-order valence-corrected chi connectivity index (χ4v) is 3.19. The molecule has 0 unspecified atom stereocenters. The highest BCUT2D eigenvalue weighted by Gasteiger charge is 2.24. The molecule has 1 saturated heterocycles. The van der Waals surface area contributed by atoms with Crippen LogP contribution >= 0.6 is 12.2 Å². The number of hydrogen-bond donors (Lipinski definition) is 1. The van der Waals surface area contributed by atoms with Crippen LogP contribution in [0.3, 0.4) is 0 Å². The molecule has 7 nitrogen and oxygen atoms in total. The van der Waals surface area contributed by atoms with Crippen LogP contribution in [0.5, 0.6) is 0 Å². The molecule has 1 heterocycles. The molecule has 1 amide bonds. The number of amides is 1. The SMILES string of the molecule is CCCOC(=O)COC1CCN(C(=O)CCC(=O)c2ccc(C(N)=S)cc2)CC1. The molecule has 2 rings (SSSR count). The third-order valence-electron chi connectivity index (χ3n) is 4.76. The number of ketones is 1. The molecule has 2 N–H and O–H groups in total. The highest BCUT2D eigenvalue weighted by Crippen LogP contribution is 2.16. The van der Waals surface area contributed by atoms with E-state index in [-0.39, 0.29) is 48.2 Å². The quantitative estimate of drug-likeness (QED) is 0.352. The second-order valence-corrected chi connectivity index (χ2v) is 7.42. The maximum atomic E-state index is 12.4. The molecule has 1 aliphatic rings. The average molecular weight is 421 g/mol. The molecule has 0 atom stereocenters. The van der Waals surface area contributed by atoms with Crippen molar-refractivity contribution in [3.8, 4) is 0 Å². The van der Waals surface area contributed by atoms with Gasteiger partial charge in [-0.25, -0.2) is 4.79 Å². The van der Waals surface area contributed by atoms with Gasteiger partial charge in [0.05, 0.1) is 12.7 Å². The highest BCUT2D eigenvalue weighted by atomic mass is 32.1. The Morgan fingerprint density at radius 2 is 1.72 bits per heavy atom. The molecule has 0 aromatic heterocycles. The molecule has 1 aliphatic heterocycles. The Kier molecular flexibility index (Phi) is 9.21. The van der Waals surface area contributed by atoms with Gasteiger partial charge < -0.3 is 20.1 Å². The minimum atomic E-state index is -0.356. The van der Waals surface area contributed by atoms with Crippen LogP contribution in [0.15, 0.2) is 24.3 Å². The topological polar surface area (TPSA) is 98.9 Å². The highest BCUT2D eigenvalue weighted by molar-refractivity contribution is 7.80. The lowest BCUT2D eigenvalue weighted by Gasteiger charge is -2.31. The average Bonchev–Trinajstić information content (AvgIpc) is 2.74. The van der Waals surface area contributed by atoms with E-state index in [4.69, 9.17) is 27.4 Å². The summed E-state index contributed by atoms with van der Waals surface area (Å²) in [6.45, 7) is 3.40. The zero-order chi connectivity index (χ0) is 21.2. The van der Waals surface area contributed by atoms with Gasteiger partial charge in [0.1, 0.15) is 11.6 Å². The lowest BCUT2D eigenvalue weighted by Crippen LogP contribution is -2.41. The summed E-state index contributed by atoms with van der Waals surface area (Å²) >= 11 is 4.89. The minimum absolute atomic E-state index is 0.0427. The van der Waals surface area contributed by atoms with E-state index in [1.54, 1.807) is 29.2 Å². The van der Waals surface area contributed by atoms with Crippen molar-refractivity contribution in [2.24, 2.45) is 5.73 Å². The van der Waals surface area contributed by atoms with Crippen molar-refractivity contribution < 1.29 is 23.9 Å². The fourth-order valence-electron chi connectivity index (χ4n) is 3.06. The van der Waals surface area contributed by atoms with Crippen LogP contribution in [0, 0.1) is 0 Å². The molecular formula is C21H28N2O5S. The predicted octanol–water partition coefficient (Wildman–Crippen LogP) is 2.24. The van der Waals surface area contributed by atoms with Gasteiger partial charge in [-0.3, -0.25) is 9.59 Å². The Bertz CT molecular complexity index is 727. The summed E-state index contributed by atoms with van der Waals surface area (Å²) in [4.78, 5) is 38.2. The molecular weight excluding hydrogens is 392 g/mol. The van der Waals surface area contributed by atoms with Crippen molar-refractivity contribution in [3.05, 3.63) is 35.4 Å². The van der Waals surface area contributed by atoms with Crippen LogP contribution in [0.2, 0.25) is 0 Å². The first-order valence-corrected chi connectivity index (χ1v) is 10.3. The number of nitrogens with zero attached hydrogens (tertiary/aromatic N) is 1. The zero-order valence-electron chi connectivity index (χ0n) is 16.7. The van der Waals surface area contributed by atoms with Crippen LogP contribution < -0.4 is 5.73 Å². The number of benzene rings is 1. The number of Topliss-reactive ketones (excluding diaryl/α,β-unsaturated/α-hetero) is 1. The molecule has 0 bridgehead atoms. The molecule has 8 heteroatoms. The van der Waals surface area contributed by atoms with Crippen LogP contribution in [0.1, 0.15) is 54.9 Å². The molecule has 1 aromatic carbocycles. The number of carbonyl (C=O) groups excluding carboxylic acids is 3. The number of ether oxygens (including phenoxy) is 2. The fraction of sp³-hybridized carbons (Fsp3) is 0.524. The molecule has 0 radical (unpaired) electrons. The van der Waals surface area contributed by atoms with E-state index in [0.29, 0.717) is 43.7 Å². The number of esters is 1. The number of rotatable bonds is 10. The van der Waals surface area contributed by atoms with Crippen molar-refractivity contribution in [3.63, 3.8) is 0 Å². The van der Waals surface area contributed by atoms with Crippen LogP contribution in [0.25, 0.3) is 0 Å². The van der Waals surface area contributed by atoms with Gasteiger partial charge in [0.15, 0.2) is 5.78 Å². The van der Waals surface area contributed by atoms with Crippen molar-refractivity contribution in [2.45, 2.75) is 45.1 Å². The van der Waals surface area contributed by atoms with E-state index < -0.39 is 0 Å². The van der Waals surface area contributed by atoms with Crippen molar-refractivity contribution in [2.75, 3.05) is 26.3 Å². The number of thiocarbonyl (C=S) groups is 1. The molecule has 0 aliphatic carbocycles. The Balaban J connectivity index is 1.69. The Labute approximate surface area is 176 Å². The number of nitrogens with two attached hydrogens (primary N) is 1. The first-order chi connectivity index (χ1) is 13.9. The van der Waals surface area contributed by atoms with Crippen molar-refractivity contribution in [1.82, 2.24) is 4.90 Å². The van der Waals surface area contributed by atoms with Gasteiger partial charge in [0.25, 0.3) is 0 Å². The second kappa shape index (κ2) is 11.6. The van der Waals surface area contributed by atoms with E-state index in [1.165, 1.54) is 0 Å². The molecule has 29 heavy (non-hydrogen) atoms. The lowest BCUT2D eigenvalue weighted by atomic mass is 10.0. The summed E-state index contributed by atoms with van der Waals surface area (Å²) < 4.78 is 10.5. The zero-order valence-corrected chi connectivity index (χ0v) is 17.5. The standard InChI is InChI=1S/C21H28N2O5S/c1-2-13-27-20(26)14-28-17-9-11-23(12-10-17)19(25)8-7-18(24)15-3-5-16(6-4-15)21(22)29/h3-6,17H,2,7-14H2,1H3,(H2,22,29). The summed E-state index contributed by atoms with van der Waals surface area (Å²) in [6.07, 6.45) is 2.39. The Morgan fingerprint density at radius 1 is 1.10 bits per heavy atom. The van der Waals surface area contributed by atoms with Gasteiger partial charge in [-0.15, -0.1) is 0 Å². The molecule has 0 saturated carbocycles. The number of hydrogen-bond acceptors (Lipinski definition) is 6. The van der Waals surface area contributed by atoms with E-state index in [1.807, 2.05) is 6.92 Å². The van der Waals surface area contributed by atoms with Gasteiger partial charge in [0.2, 0.25) is 5.91 Å². The van der Waals surface area contributed by atoms with Crippen molar-refractivity contribution >= 4 is 34.9 Å². The first kappa shape index (κ1) is 23.0. The largest absolute Gasteiger partial charge is 0.464 e. The van der Waals surface area contributed by atoms with Crippen LogP contribution in [-0.4, -0.2) is 60.0 Å². The third-order valence-corrected chi connectivity index (χ3v) is 4.99. The van der Waals surface area contributed by atoms with Gasteiger partial charge in [0, 0.05) is 37.1 Å². The van der Waals surface area contributed by atoms with Crippen molar-refractivity contribution in [1.29, 1.82) is 0 Å². The number of piperidine rings is 1. The third kappa shape index (κ3) is 7.55. The Hall–Kier alpha value is -2.32. The van der Waals surface area contributed by atoms with Gasteiger partial charge in [-0.05, 0) is 19.3 Å². The summed E-state index contributed by atoms with van der Waals surface area (Å²) in [5.41, 5.74) is 6.79. The molecule has 0 spiro atoms. The van der Waals surface area contributed by atoms with E-state index >= 15 is 0 Å². The van der Waals surface area contributed by atoms with Crippen LogP contribution in [-0.2, 0) is 19.1 Å². The van der Waals surface area contributed by atoms with Gasteiger partial charge in [-0.2, -0.15) is 0 Å². The smallest absolute Gasteiger partial charge is 0.332 e. The van der Waals surface area contributed by atoms with E-state index in [0.717, 1.165) is 6.42 Å². The van der Waals surface area contributed by atoms with Gasteiger partial charge in [-0.1, -0.05) is 43.4 Å². The molecule has 1 aromatic rings. The normalized spacial score (nSPS) is 14.4. The number of likely N-dealkylation sites (tertiary alicyclic amines) is 1. The second-order valence-electron chi connectivity index (χ2n) is 6.98. The maximum Gasteiger partial charge on any atom is 0.332 e. The summed E-state index contributed by atoms with van der Waals surface area (Å²) in [5.74, 6) is -0.485. The summed E-state index contributed by atoms with van der Waals surface area (Å²) in [5, 5.41) is 0. The van der Waals surface area contributed by atoms with Gasteiger partial charge >= 0.3 is 5.97 Å². The van der Waals surface area contributed by atoms with E-state index in [2.05, 4.69) is 0 Å².